The first-order valence-corrected chi connectivity index (χ1v) is 8.11. The highest BCUT2D eigenvalue weighted by Crippen LogP contribution is 2.31. The van der Waals surface area contributed by atoms with Gasteiger partial charge in [-0.2, -0.15) is 5.26 Å². The molecule has 0 saturated carbocycles. The molecule has 1 unspecified atom stereocenters. The molecule has 0 spiro atoms. The molecule has 2 heterocycles. The molecule has 1 fully saturated rings. The molecule has 120 valence electrons. The molecule has 1 saturated heterocycles. The van der Waals surface area contributed by atoms with Crippen molar-refractivity contribution < 1.29 is 4.74 Å². The molecule has 1 atom stereocenters. The van der Waals surface area contributed by atoms with Crippen LogP contribution in [0.2, 0.25) is 0 Å². The summed E-state index contributed by atoms with van der Waals surface area (Å²) in [7, 11) is 0. The minimum Gasteiger partial charge on any atom is -0.372 e. The van der Waals surface area contributed by atoms with Gasteiger partial charge in [0.15, 0.2) is 5.69 Å². The molecular formula is C17H21N5O. The van der Waals surface area contributed by atoms with Gasteiger partial charge in [-0.05, 0) is 51.0 Å². The minimum atomic E-state index is -0.0953. The van der Waals surface area contributed by atoms with E-state index in [9.17, 15) is 5.26 Å². The topological polar surface area (TPSA) is 67.0 Å². The van der Waals surface area contributed by atoms with E-state index in [-0.39, 0.29) is 6.10 Å². The quantitative estimate of drug-likeness (QED) is 0.849. The van der Waals surface area contributed by atoms with E-state index in [0.29, 0.717) is 5.69 Å². The summed E-state index contributed by atoms with van der Waals surface area (Å²) < 4.78 is 7.48. The van der Waals surface area contributed by atoms with Gasteiger partial charge < -0.3 is 9.64 Å². The van der Waals surface area contributed by atoms with E-state index in [0.717, 1.165) is 43.9 Å². The Morgan fingerprint density at radius 2 is 2.04 bits per heavy atom. The zero-order valence-corrected chi connectivity index (χ0v) is 13.6. The number of hydrogen-bond donors (Lipinski definition) is 0. The van der Waals surface area contributed by atoms with Crippen LogP contribution >= 0.6 is 0 Å². The van der Waals surface area contributed by atoms with Crippen LogP contribution in [-0.2, 0) is 4.74 Å². The van der Waals surface area contributed by atoms with Crippen molar-refractivity contribution >= 4 is 5.69 Å². The van der Waals surface area contributed by atoms with E-state index in [1.165, 1.54) is 5.69 Å². The van der Waals surface area contributed by atoms with Crippen LogP contribution in [-0.4, -0.2) is 34.7 Å². The Balaban J connectivity index is 1.96. The minimum absolute atomic E-state index is 0.0953. The summed E-state index contributed by atoms with van der Waals surface area (Å²) in [6.45, 7) is 6.95. The summed E-state index contributed by atoms with van der Waals surface area (Å²) in [5, 5.41) is 17.5. The number of ether oxygens (including phenoxy) is 1. The Morgan fingerprint density at radius 1 is 1.30 bits per heavy atom. The van der Waals surface area contributed by atoms with Crippen LogP contribution in [0.4, 0.5) is 5.69 Å². The predicted molar refractivity (Wildman–Crippen MR) is 87.6 cm³/mol. The van der Waals surface area contributed by atoms with Gasteiger partial charge >= 0.3 is 0 Å². The first-order valence-electron chi connectivity index (χ1n) is 8.11. The molecule has 2 aromatic rings. The summed E-state index contributed by atoms with van der Waals surface area (Å²) in [6.07, 6.45) is 1.81. The molecule has 1 aromatic carbocycles. The molecule has 0 bridgehead atoms. The Labute approximate surface area is 136 Å². The maximum absolute atomic E-state index is 9.29. The van der Waals surface area contributed by atoms with Crippen molar-refractivity contribution in [2.24, 2.45) is 0 Å². The van der Waals surface area contributed by atoms with Crippen molar-refractivity contribution in [3.8, 4) is 11.8 Å². The first kappa shape index (κ1) is 15.5. The fraction of sp³-hybridized carbons (Fsp3) is 0.471. The van der Waals surface area contributed by atoms with Crippen LogP contribution in [0.25, 0.3) is 5.69 Å². The van der Waals surface area contributed by atoms with Crippen molar-refractivity contribution in [3.63, 3.8) is 0 Å². The Hall–Kier alpha value is -2.39. The normalized spacial score (nSPS) is 17.2. The van der Waals surface area contributed by atoms with Gasteiger partial charge in [0.2, 0.25) is 0 Å². The molecule has 1 aliphatic heterocycles. The van der Waals surface area contributed by atoms with Gasteiger partial charge in [0.25, 0.3) is 0 Å². The molecule has 23 heavy (non-hydrogen) atoms. The SMILES string of the molecule is CCN(CC)c1ccc(-n2nnc(C#N)c2C2CCCO2)cc1. The van der Waals surface area contributed by atoms with Gasteiger partial charge in [0.1, 0.15) is 17.9 Å². The van der Waals surface area contributed by atoms with E-state index < -0.39 is 0 Å². The number of nitriles is 1. The molecule has 1 aromatic heterocycles. The fourth-order valence-electron chi connectivity index (χ4n) is 3.04. The molecule has 0 N–H and O–H groups in total. The lowest BCUT2D eigenvalue weighted by molar-refractivity contribution is 0.106. The second-order valence-corrected chi connectivity index (χ2v) is 5.54. The Morgan fingerprint density at radius 3 is 2.61 bits per heavy atom. The second-order valence-electron chi connectivity index (χ2n) is 5.54. The average molecular weight is 311 g/mol. The summed E-state index contributed by atoms with van der Waals surface area (Å²) >= 11 is 0. The zero-order valence-electron chi connectivity index (χ0n) is 13.6. The van der Waals surface area contributed by atoms with Gasteiger partial charge in [0.05, 0.1) is 5.69 Å². The molecule has 6 heteroatoms. The van der Waals surface area contributed by atoms with Crippen LogP contribution in [0.1, 0.15) is 44.2 Å². The fourth-order valence-corrected chi connectivity index (χ4v) is 3.04. The van der Waals surface area contributed by atoms with E-state index in [1.807, 2.05) is 12.1 Å². The summed E-state index contributed by atoms with van der Waals surface area (Å²) in [5.74, 6) is 0. The lowest BCUT2D eigenvalue weighted by Crippen LogP contribution is -2.21. The van der Waals surface area contributed by atoms with Crippen molar-refractivity contribution in [2.45, 2.75) is 32.8 Å². The van der Waals surface area contributed by atoms with Crippen LogP contribution in [0.5, 0.6) is 0 Å². The number of anilines is 1. The number of nitrogens with zero attached hydrogens (tertiary/aromatic N) is 5. The number of aromatic nitrogens is 3. The van der Waals surface area contributed by atoms with Crippen molar-refractivity contribution in [1.29, 1.82) is 5.26 Å². The highest BCUT2D eigenvalue weighted by Gasteiger charge is 2.27. The van der Waals surface area contributed by atoms with Crippen LogP contribution in [0, 0.1) is 11.3 Å². The third-order valence-electron chi connectivity index (χ3n) is 4.27. The smallest absolute Gasteiger partial charge is 0.189 e. The maximum atomic E-state index is 9.29. The van der Waals surface area contributed by atoms with E-state index in [2.05, 4.69) is 47.3 Å². The van der Waals surface area contributed by atoms with Crippen LogP contribution in [0.3, 0.4) is 0 Å². The second kappa shape index (κ2) is 6.80. The summed E-state index contributed by atoms with van der Waals surface area (Å²) in [5.41, 5.74) is 3.20. The monoisotopic (exact) mass is 311 g/mol. The largest absolute Gasteiger partial charge is 0.372 e. The van der Waals surface area contributed by atoms with Crippen molar-refractivity contribution in [1.82, 2.24) is 15.0 Å². The first-order chi connectivity index (χ1) is 11.3. The standard InChI is InChI=1S/C17H21N5O/c1-3-21(4-2)13-7-9-14(10-8-13)22-17(15(12-18)19-20-22)16-6-5-11-23-16/h7-10,16H,3-6,11H2,1-2H3. The van der Waals surface area contributed by atoms with Gasteiger partial charge in [-0.25, -0.2) is 4.68 Å². The molecule has 0 aliphatic carbocycles. The van der Waals surface area contributed by atoms with Gasteiger partial charge in [0, 0.05) is 25.4 Å². The molecule has 3 rings (SSSR count). The van der Waals surface area contributed by atoms with Gasteiger partial charge in [-0.3, -0.25) is 0 Å². The van der Waals surface area contributed by atoms with E-state index >= 15 is 0 Å². The Kier molecular flexibility index (Phi) is 4.58. The highest BCUT2D eigenvalue weighted by molar-refractivity contribution is 5.51. The van der Waals surface area contributed by atoms with Crippen LogP contribution < -0.4 is 4.90 Å². The van der Waals surface area contributed by atoms with Gasteiger partial charge in [-0.1, -0.05) is 5.21 Å². The number of hydrogen-bond acceptors (Lipinski definition) is 5. The third kappa shape index (κ3) is 2.92. The number of benzene rings is 1. The molecule has 1 aliphatic rings. The number of rotatable bonds is 5. The molecular weight excluding hydrogens is 290 g/mol. The van der Waals surface area contributed by atoms with E-state index in [1.54, 1.807) is 4.68 Å². The average Bonchev–Trinajstić information content (AvgIpc) is 3.25. The van der Waals surface area contributed by atoms with Gasteiger partial charge in [-0.15, -0.1) is 5.10 Å². The van der Waals surface area contributed by atoms with Crippen LogP contribution in [0.15, 0.2) is 24.3 Å². The molecule has 0 amide bonds. The molecule has 6 nitrogen and oxygen atoms in total. The lowest BCUT2D eigenvalue weighted by Gasteiger charge is -2.21. The Bertz CT molecular complexity index is 691. The highest BCUT2D eigenvalue weighted by atomic mass is 16.5. The zero-order chi connectivity index (χ0) is 16.2. The van der Waals surface area contributed by atoms with Crippen molar-refractivity contribution in [2.75, 3.05) is 24.6 Å². The summed E-state index contributed by atoms with van der Waals surface area (Å²) in [6, 6.07) is 10.3. The van der Waals surface area contributed by atoms with Crippen molar-refractivity contribution in [3.05, 3.63) is 35.7 Å². The maximum Gasteiger partial charge on any atom is 0.189 e. The van der Waals surface area contributed by atoms with E-state index in [4.69, 9.17) is 4.74 Å². The predicted octanol–water partition coefficient (Wildman–Crippen LogP) is 2.84. The lowest BCUT2D eigenvalue weighted by atomic mass is 10.1. The molecule has 0 radical (unpaired) electrons. The third-order valence-corrected chi connectivity index (χ3v) is 4.27. The summed E-state index contributed by atoms with van der Waals surface area (Å²) in [4.78, 5) is 2.28.